The van der Waals surface area contributed by atoms with Gasteiger partial charge in [0.25, 0.3) is 12.4 Å². The summed E-state index contributed by atoms with van der Waals surface area (Å²) < 4.78 is 16.7. The Balaban J connectivity index is 2.25. The molecule has 1 aromatic rings. The van der Waals surface area contributed by atoms with Gasteiger partial charge in [-0.1, -0.05) is 36.9 Å². The lowest BCUT2D eigenvalue weighted by atomic mass is 9.98. The van der Waals surface area contributed by atoms with Crippen molar-refractivity contribution in [3.05, 3.63) is 48.0 Å². The third-order valence-corrected chi connectivity index (χ3v) is 5.51. The number of nitrogens with one attached hydrogen (secondary N) is 1. The van der Waals surface area contributed by atoms with Gasteiger partial charge >= 0.3 is 5.97 Å². The predicted octanol–water partition coefficient (Wildman–Crippen LogP) is 0.486. The molecule has 0 radical (unpaired) electrons. The van der Waals surface area contributed by atoms with E-state index in [-0.39, 0.29) is 12.0 Å². The van der Waals surface area contributed by atoms with Crippen molar-refractivity contribution in [1.29, 1.82) is 0 Å². The molecule has 0 aromatic heterocycles. The summed E-state index contributed by atoms with van der Waals surface area (Å²) in [5.41, 5.74) is 0.480. The van der Waals surface area contributed by atoms with E-state index >= 15 is 0 Å². The van der Waals surface area contributed by atoms with E-state index in [1.807, 2.05) is 0 Å². The fraction of sp³-hybridized carbons (Fsp3) is 0.294. The van der Waals surface area contributed by atoms with E-state index in [0.29, 0.717) is 5.56 Å². The number of benzene rings is 1. The lowest BCUT2D eigenvalue weighted by Crippen LogP contribution is -2.75. The molecule has 0 aliphatic carbocycles. The van der Waals surface area contributed by atoms with Gasteiger partial charge in [-0.3, -0.25) is 14.4 Å². The predicted molar refractivity (Wildman–Crippen MR) is 99.1 cm³/mol. The highest BCUT2D eigenvalue weighted by Crippen LogP contribution is 2.31. The van der Waals surface area contributed by atoms with Crippen molar-refractivity contribution < 1.29 is 33.2 Å². The number of carboxylic acid groups (broad SMARTS) is 1. The highest BCUT2D eigenvalue weighted by Gasteiger charge is 2.56. The van der Waals surface area contributed by atoms with Crippen LogP contribution in [0.4, 0.5) is 0 Å². The van der Waals surface area contributed by atoms with Gasteiger partial charge in [-0.05, 0) is 23.2 Å². The van der Waals surface area contributed by atoms with Crippen LogP contribution in [0, 0.1) is 0 Å². The van der Waals surface area contributed by atoms with Crippen molar-refractivity contribution in [3.8, 4) is 0 Å². The molecule has 1 aliphatic heterocycles. The summed E-state index contributed by atoms with van der Waals surface area (Å²) in [6.07, 6.45) is -1.35. The third-order valence-electron chi connectivity index (χ3n) is 4.08. The van der Waals surface area contributed by atoms with Crippen LogP contribution >= 0.6 is 10.7 Å². The standard InChI is InChI=1S/C17H17ClN2O7S/c1-9(2)12(17(24)25)20-15(23)11(16(20)28(18)26)19-14(22)13(27-8-21)10-6-4-3-5-7-10/h3-8,11-13,16H,1H2,2H3,(H,19,22)(H,24,25). The minimum absolute atomic E-state index is 0.0882. The SMILES string of the molecule is C=C(C)C(C(=O)O)N1C(=O)C(NC(=O)C(OC=O)c2ccccc2)C1S(=O)Cl. The lowest BCUT2D eigenvalue weighted by Gasteiger charge is -2.47. The zero-order chi connectivity index (χ0) is 21.0. The Labute approximate surface area is 167 Å². The molecule has 5 atom stereocenters. The molecular weight excluding hydrogens is 412 g/mol. The molecule has 0 bridgehead atoms. The quantitative estimate of drug-likeness (QED) is 0.253. The van der Waals surface area contributed by atoms with Crippen LogP contribution < -0.4 is 5.32 Å². The van der Waals surface area contributed by atoms with E-state index in [4.69, 9.17) is 15.4 Å². The number of β-lactam (4-membered cyclic amide) rings is 1. The van der Waals surface area contributed by atoms with Crippen LogP contribution in [0.3, 0.4) is 0 Å². The Morgan fingerprint density at radius 2 is 2.00 bits per heavy atom. The molecule has 2 amide bonds. The number of halogens is 1. The average molecular weight is 429 g/mol. The maximum atomic E-state index is 12.6. The maximum Gasteiger partial charge on any atom is 0.330 e. The average Bonchev–Trinajstić information content (AvgIpc) is 2.64. The highest BCUT2D eigenvalue weighted by molar-refractivity contribution is 8.08. The zero-order valence-corrected chi connectivity index (χ0v) is 16.2. The summed E-state index contributed by atoms with van der Waals surface area (Å²) in [5, 5.41) is 10.4. The second-order valence-corrected chi connectivity index (χ2v) is 7.87. The van der Waals surface area contributed by atoms with Gasteiger partial charge in [-0.25, -0.2) is 9.00 Å². The van der Waals surface area contributed by atoms with Gasteiger partial charge in [0, 0.05) is 5.56 Å². The van der Waals surface area contributed by atoms with Crippen molar-refractivity contribution in [2.24, 2.45) is 0 Å². The van der Waals surface area contributed by atoms with Crippen molar-refractivity contribution >= 4 is 45.0 Å². The van der Waals surface area contributed by atoms with Crippen molar-refractivity contribution in [2.75, 3.05) is 0 Å². The van der Waals surface area contributed by atoms with Crippen molar-refractivity contribution in [2.45, 2.75) is 30.5 Å². The van der Waals surface area contributed by atoms with Crippen LogP contribution in [0.1, 0.15) is 18.6 Å². The van der Waals surface area contributed by atoms with Gasteiger partial charge in [0.2, 0.25) is 12.0 Å². The van der Waals surface area contributed by atoms with E-state index in [1.165, 1.54) is 6.92 Å². The highest BCUT2D eigenvalue weighted by atomic mass is 35.7. The molecule has 0 spiro atoms. The number of likely N-dealkylation sites (tertiary alicyclic amines) is 1. The summed E-state index contributed by atoms with van der Waals surface area (Å²) in [7, 11) is 3.46. The number of ether oxygens (including phenoxy) is 1. The monoisotopic (exact) mass is 428 g/mol. The number of carbonyl (C=O) groups is 4. The zero-order valence-electron chi connectivity index (χ0n) is 14.6. The summed E-state index contributed by atoms with van der Waals surface area (Å²) in [5.74, 6) is -3.00. The van der Waals surface area contributed by atoms with E-state index in [1.54, 1.807) is 30.3 Å². The number of hydrogen-bond donors (Lipinski definition) is 2. The molecule has 11 heteroatoms. The number of carbonyl (C=O) groups excluding carboxylic acids is 3. The number of nitrogens with zero attached hydrogens (tertiary/aromatic N) is 1. The van der Waals surface area contributed by atoms with Gasteiger partial charge in [0.15, 0.2) is 11.4 Å². The Morgan fingerprint density at radius 1 is 1.39 bits per heavy atom. The van der Waals surface area contributed by atoms with Gasteiger partial charge in [-0.15, -0.1) is 0 Å². The van der Waals surface area contributed by atoms with Crippen LogP contribution in [0.2, 0.25) is 0 Å². The molecule has 1 fully saturated rings. The molecule has 2 rings (SSSR count). The first-order valence-electron chi connectivity index (χ1n) is 7.92. The molecule has 28 heavy (non-hydrogen) atoms. The normalized spacial score (nSPS) is 21.6. The van der Waals surface area contributed by atoms with Gasteiger partial charge in [0.05, 0.1) is 0 Å². The first kappa shape index (κ1) is 21.6. The second-order valence-electron chi connectivity index (χ2n) is 5.98. The summed E-state index contributed by atoms with van der Waals surface area (Å²) in [6.45, 7) is 5.01. The van der Waals surface area contributed by atoms with Crippen LogP contribution in [-0.2, 0) is 33.9 Å². The Hall–Kier alpha value is -2.72. The smallest absolute Gasteiger partial charge is 0.330 e. The van der Waals surface area contributed by atoms with Crippen LogP contribution in [0.25, 0.3) is 0 Å². The molecule has 5 unspecified atom stereocenters. The van der Waals surface area contributed by atoms with Gasteiger partial charge in [0.1, 0.15) is 16.1 Å². The molecule has 150 valence electrons. The molecule has 0 saturated carbocycles. The minimum Gasteiger partial charge on any atom is -0.479 e. The largest absolute Gasteiger partial charge is 0.479 e. The fourth-order valence-corrected chi connectivity index (χ4v) is 4.23. The fourth-order valence-electron chi connectivity index (χ4n) is 2.86. The molecule has 9 nitrogen and oxygen atoms in total. The Bertz CT molecular complexity index is 818. The number of aliphatic carboxylic acids is 1. The summed E-state index contributed by atoms with van der Waals surface area (Å²) >= 11 is 0. The van der Waals surface area contributed by atoms with Crippen molar-refractivity contribution in [3.63, 3.8) is 0 Å². The maximum absolute atomic E-state index is 12.6. The van der Waals surface area contributed by atoms with E-state index in [2.05, 4.69) is 11.9 Å². The number of hydrogen-bond acceptors (Lipinski definition) is 6. The lowest BCUT2D eigenvalue weighted by molar-refractivity contribution is -0.161. The molecule has 1 heterocycles. The Kier molecular flexibility index (Phi) is 6.92. The van der Waals surface area contributed by atoms with E-state index in [0.717, 1.165) is 4.90 Å². The minimum atomic E-state index is -2.19. The number of amides is 2. The number of rotatable bonds is 9. The van der Waals surface area contributed by atoms with Gasteiger partial charge < -0.3 is 20.1 Å². The molecule has 1 aliphatic rings. The number of carboxylic acids is 1. The van der Waals surface area contributed by atoms with Crippen LogP contribution in [-0.4, -0.2) is 55.9 Å². The van der Waals surface area contributed by atoms with Crippen molar-refractivity contribution in [1.82, 2.24) is 10.2 Å². The van der Waals surface area contributed by atoms with E-state index in [9.17, 15) is 28.5 Å². The molecule has 1 saturated heterocycles. The molecule has 1 aromatic carbocycles. The topological polar surface area (TPSA) is 130 Å². The Morgan fingerprint density at radius 3 is 2.46 bits per heavy atom. The first-order valence-corrected chi connectivity index (χ1v) is 9.96. The molecule has 2 N–H and O–H groups in total. The summed E-state index contributed by atoms with van der Waals surface area (Å²) in [6, 6.07) is 5.26. The van der Waals surface area contributed by atoms with Gasteiger partial charge in [-0.2, -0.15) is 0 Å². The summed E-state index contributed by atoms with van der Waals surface area (Å²) in [4.78, 5) is 48.1. The van der Waals surface area contributed by atoms with E-state index < -0.39 is 51.4 Å². The second kappa shape index (κ2) is 8.98. The van der Waals surface area contributed by atoms with Crippen LogP contribution in [0.15, 0.2) is 42.5 Å². The first-order chi connectivity index (χ1) is 13.2. The van der Waals surface area contributed by atoms with Crippen LogP contribution in [0.5, 0.6) is 0 Å². The third kappa shape index (κ3) is 4.23. The molecular formula is C17H17ClN2O7S.